The van der Waals surface area contributed by atoms with Gasteiger partial charge >= 0.3 is 35.1 Å². The van der Waals surface area contributed by atoms with Crippen molar-refractivity contribution < 1.29 is 104 Å². The summed E-state index contributed by atoms with van der Waals surface area (Å²) in [7, 11) is -17.0. The van der Waals surface area contributed by atoms with Crippen LogP contribution in [0, 0.1) is 25.7 Å². The van der Waals surface area contributed by atoms with Gasteiger partial charge in [0.1, 0.15) is 54.0 Å². The number of carbonyl (C=O) groups is 4. The van der Waals surface area contributed by atoms with E-state index in [1.54, 1.807) is 30.3 Å². The number of carboxylic acids is 1. The normalized spacial score (nSPS) is 16.4. The zero-order valence-electron chi connectivity index (χ0n) is 51.8. The first-order valence-electron chi connectivity index (χ1n) is 29.3. The van der Waals surface area contributed by atoms with Gasteiger partial charge < -0.3 is 84.5 Å². The summed E-state index contributed by atoms with van der Waals surface area (Å²) >= 11 is 0. The van der Waals surface area contributed by atoms with Crippen LogP contribution < -0.4 is 53.1 Å². The third kappa shape index (κ3) is 21.9. The first kappa shape index (κ1) is 74.1. The predicted molar refractivity (Wildman–Crippen MR) is 341 cm³/mol. The number of aliphatic imine (C=N–C) groups is 1. The fourth-order valence-corrected chi connectivity index (χ4v) is 12.6. The monoisotopic (exact) mass is 1380 g/mol. The summed E-state index contributed by atoms with van der Waals surface area (Å²) < 4.78 is 88.3. The lowest BCUT2D eigenvalue weighted by Gasteiger charge is -2.20. The van der Waals surface area contributed by atoms with E-state index in [2.05, 4.69) is 67.9 Å². The van der Waals surface area contributed by atoms with Gasteiger partial charge in [0.15, 0.2) is 6.23 Å². The molecule has 1 fully saturated rings. The molecule has 95 heavy (non-hydrogen) atoms. The number of aromatic amines is 1. The van der Waals surface area contributed by atoms with E-state index in [0.29, 0.717) is 59.0 Å². The second-order valence-electron chi connectivity index (χ2n) is 20.7. The van der Waals surface area contributed by atoms with Gasteiger partial charge in [-0.1, -0.05) is 17.9 Å². The number of amides is 3. The predicted octanol–water partition coefficient (Wildman–Crippen LogP) is 3.97. The molecule has 12 N–H and O–H groups in total. The molecule has 0 radical (unpaired) electrons. The molecule has 33 nitrogen and oxygen atoms in total. The van der Waals surface area contributed by atoms with Crippen LogP contribution in [0.3, 0.4) is 0 Å². The Labute approximate surface area is 542 Å². The average Bonchev–Trinajstić information content (AvgIpc) is 1.25. The van der Waals surface area contributed by atoms with Gasteiger partial charge in [-0.25, -0.2) is 23.3 Å². The second kappa shape index (κ2) is 34.4. The number of ether oxygens (including phenoxy) is 6. The van der Waals surface area contributed by atoms with Gasteiger partial charge in [0.25, 0.3) is 11.5 Å². The van der Waals surface area contributed by atoms with Crippen LogP contribution in [-0.2, 0) is 55.4 Å². The maximum atomic E-state index is 13.0. The maximum absolute atomic E-state index is 13.0. The number of aromatic nitrogens is 2. The van der Waals surface area contributed by atoms with Crippen LogP contribution in [0.1, 0.15) is 76.7 Å². The molecule has 1 saturated heterocycles. The minimum absolute atomic E-state index is 0.0340. The molecule has 0 bridgehead atoms. The molecule has 1 aromatic heterocycles. The molecule has 6 atom stereocenters. The molecule has 6 unspecified atom stereocenters. The lowest BCUT2D eigenvalue weighted by Crippen LogP contribution is -2.34. The topological polar surface area (TPSA) is 471 Å². The molecule has 3 aliphatic rings. The van der Waals surface area contributed by atoms with E-state index in [1.165, 1.54) is 12.1 Å². The van der Waals surface area contributed by atoms with Crippen molar-refractivity contribution in [1.29, 1.82) is 0 Å². The number of phosphoric acid groups is 3. The number of benzene rings is 4. The lowest BCUT2D eigenvalue weighted by atomic mass is 9.89. The standard InChI is InChI=1S/C59H72N9O24P3/c1-6-62-45-27-47-43(23-35(45)3)55(44-24-36(4)46(63-7-2)28-48(44)89-47)42-26-40(15-16-41(42)58(73)74)84-20-10-14-51(69)65-18-19-66-56(71)37-11-8-13-39(25-37)86-33-53(61-5)85-22-21-83-32-52(70)64-17-9-12-38-30-68(59(75)67-57(38)72)54-29-49(87-34-60)50(90-54)31-88-94(79,80)92-95(81,82)91-93(76,77)78/h8,11,13,15-16,23-28,30,49-50,53-54,62H,5-7,10,14,17-22,29,31-34,60H2,1-4H3,(H,64,70)(H,65,69)(H,66,71)(H,73,74)(H,79,80)(H,81,82)(H,67,72,75)(H2,76,77,78). The van der Waals surface area contributed by atoms with Crippen molar-refractivity contribution in [2.24, 2.45) is 15.7 Å². The number of carbonyl (C=O) groups excluding carboxylic acids is 3. The van der Waals surface area contributed by atoms with Crippen molar-refractivity contribution in [3.8, 4) is 45.8 Å². The summed E-state index contributed by atoms with van der Waals surface area (Å²) in [5.74, 6) is 3.96. The van der Waals surface area contributed by atoms with Crippen molar-refractivity contribution >= 4 is 70.5 Å². The van der Waals surface area contributed by atoms with Crippen LogP contribution in [0.25, 0.3) is 33.4 Å². The quantitative estimate of drug-likeness (QED) is 0.00669. The molecule has 2 aliphatic heterocycles. The van der Waals surface area contributed by atoms with Crippen LogP contribution in [-0.4, -0.2) is 162 Å². The molecule has 0 spiro atoms. The number of hydrogen-bond donors (Lipinski definition) is 11. The first-order valence-corrected chi connectivity index (χ1v) is 33.8. The molecule has 1 aliphatic carbocycles. The molecular weight excluding hydrogens is 1310 g/mol. The van der Waals surface area contributed by atoms with Crippen LogP contribution in [0.15, 0.2) is 96.9 Å². The number of nitrogens with zero attached hydrogens (tertiary/aromatic N) is 3. The van der Waals surface area contributed by atoms with Crippen molar-refractivity contribution in [2.45, 2.75) is 71.6 Å². The summed E-state index contributed by atoms with van der Waals surface area (Å²) in [6.45, 7) is 10.8. The van der Waals surface area contributed by atoms with Crippen LogP contribution in [0.4, 0.5) is 5.69 Å². The van der Waals surface area contributed by atoms with Gasteiger partial charge in [0.05, 0.1) is 56.7 Å². The van der Waals surface area contributed by atoms with Crippen LogP contribution >= 0.6 is 23.5 Å². The number of carboxylic acid groups (broad SMARTS) is 1. The molecule has 3 heterocycles. The Hall–Kier alpha value is -8.25. The Morgan fingerprint density at radius 1 is 0.884 bits per heavy atom. The Morgan fingerprint density at radius 2 is 1.65 bits per heavy atom. The average molecular weight is 1380 g/mol. The van der Waals surface area contributed by atoms with Crippen molar-refractivity contribution in [3.05, 3.63) is 127 Å². The van der Waals surface area contributed by atoms with E-state index in [-0.39, 0.29) is 81.5 Å². The Balaban J connectivity index is 0.794. The number of aryl methyl sites for hydroxylation is 2. The smallest absolute Gasteiger partial charge is 0.490 e. The molecule has 7 rings (SSSR count). The van der Waals surface area contributed by atoms with Gasteiger partial charge in [-0.05, 0) is 100 Å². The third-order valence-corrected chi connectivity index (χ3v) is 17.6. The Morgan fingerprint density at radius 3 is 2.38 bits per heavy atom. The van der Waals surface area contributed by atoms with E-state index in [0.717, 1.165) is 38.3 Å². The number of aromatic carboxylic acids is 1. The van der Waals surface area contributed by atoms with E-state index in [1.807, 2.05) is 52.0 Å². The lowest BCUT2D eigenvalue weighted by molar-refractivity contribution is -0.126. The number of phosphoric ester groups is 1. The van der Waals surface area contributed by atoms with Gasteiger partial charge in [-0.2, -0.15) is 8.62 Å². The van der Waals surface area contributed by atoms with Crippen molar-refractivity contribution in [1.82, 2.24) is 25.5 Å². The Bertz CT molecular complexity index is 4140. The molecule has 3 aromatic carbocycles. The van der Waals surface area contributed by atoms with Crippen molar-refractivity contribution in [3.63, 3.8) is 0 Å². The molecule has 36 heteroatoms. The minimum atomic E-state index is -5.81. The highest BCUT2D eigenvalue weighted by Crippen LogP contribution is 2.66. The number of H-pyrrole nitrogens is 1. The van der Waals surface area contributed by atoms with E-state index < -0.39 is 97.1 Å². The maximum Gasteiger partial charge on any atom is 0.490 e. The second-order valence-corrected chi connectivity index (χ2v) is 25.1. The van der Waals surface area contributed by atoms with Gasteiger partial charge in [-0.3, -0.25) is 43.2 Å². The SMILES string of the molecule is C=NC(COc1cccc(C(=O)NCCNC(=O)CCCOc2ccc(C(=O)O)c(-c3c4cc(C)c(=NCC)cc-4oc4cc(NCC)c(C)cc34)c2)c1)OCCOCC(=O)NCC#Cc1cn(C2CC(OCN)C(COP(=O)(O)OP(=O)(O)OP(=O)(O)O)O2)c(=O)[nH]c1=O. The van der Waals surface area contributed by atoms with Crippen LogP contribution in [0.5, 0.6) is 11.5 Å². The summed E-state index contributed by atoms with van der Waals surface area (Å²) in [5.41, 5.74) is 8.83. The largest absolute Gasteiger partial charge is 0.494 e. The minimum Gasteiger partial charge on any atom is -0.494 e. The summed E-state index contributed by atoms with van der Waals surface area (Å²) in [6.07, 6.45) is -3.15. The fraction of sp³-hybridized carbons (Fsp3) is 0.390. The number of nitrogens with two attached hydrogens (primary N) is 1. The molecule has 512 valence electrons. The first-order chi connectivity index (χ1) is 45.2. The molecule has 4 aromatic rings. The molecule has 3 amide bonds. The van der Waals surface area contributed by atoms with Gasteiger partial charge in [0.2, 0.25) is 11.8 Å². The summed E-state index contributed by atoms with van der Waals surface area (Å²) in [5, 5.41) is 23.3. The summed E-state index contributed by atoms with van der Waals surface area (Å²) in [6, 6.07) is 18.9. The van der Waals surface area contributed by atoms with E-state index >= 15 is 0 Å². The number of anilines is 1. The molecular formula is C59H72N9O24P3. The Kier molecular flexibility index (Phi) is 26.9. The molecule has 0 saturated carbocycles. The van der Waals surface area contributed by atoms with E-state index in [9.17, 15) is 57.4 Å². The highest BCUT2D eigenvalue weighted by atomic mass is 31.3. The number of fused-ring (bicyclic) bond motifs is 2. The van der Waals surface area contributed by atoms with Gasteiger partial charge in [-0.15, -0.1) is 0 Å². The zero-order chi connectivity index (χ0) is 69.0. The van der Waals surface area contributed by atoms with Crippen LogP contribution in [0.2, 0.25) is 0 Å². The summed E-state index contributed by atoms with van der Waals surface area (Å²) in [4.78, 5) is 124. The number of hydrogen-bond acceptors (Lipinski definition) is 23. The van der Waals surface area contributed by atoms with E-state index in [4.69, 9.17) is 48.4 Å². The highest BCUT2D eigenvalue weighted by molar-refractivity contribution is 7.66. The fourth-order valence-electron chi connectivity index (χ4n) is 9.57. The van der Waals surface area contributed by atoms with Crippen molar-refractivity contribution in [2.75, 3.05) is 84.4 Å². The number of nitrogens with one attached hydrogen (secondary N) is 5. The third-order valence-electron chi connectivity index (χ3n) is 13.8. The van der Waals surface area contributed by atoms with Gasteiger partial charge in [0, 0.05) is 90.7 Å². The zero-order valence-corrected chi connectivity index (χ0v) is 54.5. The highest BCUT2D eigenvalue weighted by Gasteiger charge is 2.44. The number of rotatable bonds is 35.